The molecule has 7 heteroatoms. The van der Waals surface area contributed by atoms with Crippen LogP contribution >= 0.6 is 11.8 Å². The quantitative estimate of drug-likeness (QED) is 0.471. The van der Waals surface area contributed by atoms with Crippen LogP contribution in [0.3, 0.4) is 0 Å². The van der Waals surface area contributed by atoms with E-state index in [1.807, 2.05) is 51.1 Å². The Labute approximate surface area is 224 Å². The molecular formula is C30H38N2O4S. The fourth-order valence-corrected chi connectivity index (χ4v) is 6.79. The summed E-state index contributed by atoms with van der Waals surface area (Å²) < 4.78 is 5.71. The van der Waals surface area contributed by atoms with Crippen LogP contribution in [-0.4, -0.2) is 45.0 Å². The molecule has 37 heavy (non-hydrogen) atoms. The summed E-state index contributed by atoms with van der Waals surface area (Å²) in [4.78, 5) is 41.3. The van der Waals surface area contributed by atoms with Gasteiger partial charge in [0.05, 0.1) is 4.87 Å². The van der Waals surface area contributed by atoms with E-state index in [9.17, 15) is 14.4 Å². The molecule has 198 valence electrons. The van der Waals surface area contributed by atoms with Crippen molar-refractivity contribution in [1.82, 2.24) is 4.90 Å². The van der Waals surface area contributed by atoms with Crippen LogP contribution in [-0.2, 0) is 14.3 Å². The molecule has 1 aliphatic heterocycles. The molecule has 6 nitrogen and oxygen atoms in total. The third-order valence-electron chi connectivity index (χ3n) is 7.16. The summed E-state index contributed by atoms with van der Waals surface area (Å²) in [5, 5.41) is 3.07. The van der Waals surface area contributed by atoms with E-state index < -0.39 is 16.5 Å². The monoisotopic (exact) mass is 522 g/mol. The Kier molecular flexibility index (Phi) is 8.02. The lowest BCUT2D eigenvalue weighted by molar-refractivity contribution is -0.160. The van der Waals surface area contributed by atoms with Gasteiger partial charge in [0, 0.05) is 22.9 Å². The smallest absolute Gasteiger partial charge is 0.330 e. The predicted molar refractivity (Wildman–Crippen MR) is 149 cm³/mol. The summed E-state index contributed by atoms with van der Waals surface area (Å²) in [5.74, 6) is 0.284. The van der Waals surface area contributed by atoms with Crippen LogP contribution in [0.2, 0.25) is 0 Å². The van der Waals surface area contributed by atoms with Gasteiger partial charge < -0.3 is 15.0 Å². The van der Waals surface area contributed by atoms with E-state index in [0.717, 1.165) is 5.69 Å². The Hall–Kier alpha value is -2.80. The zero-order chi connectivity index (χ0) is 26.8. The highest BCUT2D eigenvalue weighted by atomic mass is 32.2. The molecule has 4 rings (SSSR count). The summed E-state index contributed by atoms with van der Waals surface area (Å²) in [6.45, 7) is 9.81. The highest BCUT2D eigenvalue weighted by molar-refractivity contribution is 8.01. The molecule has 0 aromatic heterocycles. The number of carbonyl (C=O) groups excluding carboxylic acids is 3. The Balaban J connectivity index is 1.49. The van der Waals surface area contributed by atoms with Gasteiger partial charge in [-0.1, -0.05) is 44.2 Å². The standard InChI is InChI=1S/C30H38N2O4S/c1-20(2)21-11-13-24(14-12-21)31-26(33)22-15-17-30(18-16-22)32(27(34)23-9-7-6-8-10-23)25(19-37-30)28(35)36-29(3,4)5/h6-14,20,22,25H,15-19H2,1-5H3,(H,31,33)/t22?,25-,30?/m0/s1. The lowest BCUT2D eigenvalue weighted by Crippen LogP contribution is -2.55. The van der Waals surface area contributed by atoms with Gasteiger partial charge in [0.1, 0.15) is 11.6 Å². The third-order valence-corrected chi connectivity index (χ3v) is 8.79. The average Bonchev–Trinajstić information content (AvgIpc) is 3.22. The van der Waals surface area contributed by atoms with Crippen molar-refractivity contribution >= 4 is 35.2 Å². The minimum atomic E-state index is -0.651. The largest absolute Gasteiger partial charge is 0.458 e. The van der Waals surface area contributed by atoms with E-state index in [2.05, 4.69) is 31.3 Å². The topological polar surface area (TPSA) is 75.7 Å². The summed E-state index contributed by atoms with van der Waals surface area (Å²) in [6, 6.07) is 16.5. The molecule has 2 amide bonds. The lowest BCUT2D eigenvalue weighted by Gasteiger charge is -2.44. The predicted octanol–water partition coefficient (Wildman–Crippen LogP) is 6.23. The van der Waals surface area contributed by atoms with Gasteiger partial charge in [-0.25, -0.2) is 4.79 Å². The van der Waals surface area contributed by atoms with E-state index in [1.54, 1.807) is 28.8 Å². The molecule has 2 aromatic rings. The van der Waals surface area contributed by atoms with Gasteiger partial charge in [-0.05, 0) is 82.2 Å². The molecule has 1 heterocycles. The Morgan fingerprint density at radius 3 is 2.19 bits per heavy atom. The summed E-state index contributed by atoms with van der Waals surface area (Å²) in [7, 11) is 0. The number of ether oxygens (including phenoxy) is 1. The first-order chi connectivity index (χ1) is 17.5. The van der Waals surface area contributed by atoms with Gasteiger partial charge in [-0.15, -0.1) is 11.8 Å². The van der Waals surface area contributed by atoms with Crippen LogP contribution in [0.15, 0.2) is 54.6 Å². The molecular weight excluding hydrogens is 484 g/mol. The maximum Gasteiger partial charge on any atom is 0.330 e. The average molecular weight is 523 g/mol. The number of rotatable bonds is 5. The SMILES string of the molecule is CC(C)c1ccc(NC(=O)C2CCC3(CC2)SC[C@@H](C(=O)OC(C)(C)C)N3C(=O)c2ccccc2)cc1. The number of carbonyl (C=O) groups is 3. The van der Waals surface area contributed by atoms with Crippen molar-refractivity contribution in [3.8, 4) is 0 Å². The molecule has 2 aromatic carbocycles. The Morgan fingerprint density at radius 2 is 1.62 bits per heavy atom. The number of nitrogens with one attached hydrogen (secondary N) is 1. The highest BCUT2D eigenvalue weighted by Crippen LogP contribution is 2.51. The zero-order valence-electron chi connectivity index (χ0n) is 22.5. The van der Waals surface area contributed by atoms with Crippen LogP contribution in [0.5, 0.6) is 0 Å². The fourth-order valence-electron chi connectivity index (χ4n) is 5.16. The van der Waals surface area contributed by atoms with Gasteiger partial charge >= 0.3 is 5.97 Å². The van der Waals surface area contributed by atoms with Crippen molar-refractivity contribution in [2.75, 3.05) is 11.1 Å². The van der Waals surface area contributed by atoms with Gasteiger partial charge in [-0.2, -0.15) is 0 Å². The number of hydrogen-bond acceptors (Lipinski definition) is 5. The van der Waals surface area contributed by atoms with Crippen molar-refractivity contribution in [3.63, 3.8) is 0 Å². The number of amides is 2. The van der Waals surface area contributed by atoms with Crippen molar-refractivity contribution in [3.05, 3.63) is 65.7 Å². The van der Waals surface area contributed by atoms with Crippen molar-refractivity contribution in [2.24, 2.45) is 5.92 Å². The molecule has 1 saturated heterocycles. The molecule has 0 unspecified atom stereocenters. The molecule has 2 fully saturated rings. The number of benzene rings is 2. The Morgan fingerprint density at radius 1 is 1.00 bits per heavy atom. The first-order valence-corrected chi connectivity index (χ1v) is 14.1. The number of thioether (sulfide) groups is 1. The van der Waals surface area contributed by atoms with Gasteiger partial charge in [0.25, 0.3) is 5.91 Å². The van der Waals surface area contributed by atoms with Crippen molar-refractivity contribution in [2.45, 2.75) is 82.7 Å². The fraction of sp³-hybridized carbons (Fsp3) is 0.500. The van der Waals surface area contributed by atoms with Crippen molar-refractivity contribution in [1.29, 1.82) is 0 Å². The van der Waals surface area contributed by atoms with E-state index in [1.165, 1.54) is 5.56 Å². The number of hydrogen-bond donors (Lipinski definition) is 1. The molecule has 1 saturated carbocycles. The minimum absolute atomic E-state index is 0.0137. The second-order valence-electron chi connectivity index (χ2n) is 11.4. The number of nitrogens with zero attached hydrogens (tertiary/aromatic N) is 1. The summed E-state index contributed by atoms with van der Waals surface area (Å²) in [5.41, 5.74) is 1.96. The minimum Gasteiger partial charge on any atom is -0.458 e. The number of anilines is 1. The molecule has 1 aliphatic carbocycles. The van der Waals surface area contributed by atoms with E-state index in [0.29, 0.717) is 42.9 Å². The molecule has 1 atom stereocenters. The molecule has 1 N–H and O–H groups in total. The van der Waals surface area contributed by atoms with Gasteiger partial charge in [0.15, 0.2) is 0 Å². The van der Waals surface area contributed by atoms with Crippen LogP contribution in [0, 0.1) is 5.92 Å². The summed E-state index contributed by atoms with van der Waals surface area (Å²) >= 11 is 1.65. The van der Waals surface area contributed by atoms with Crippen molar-refractivity contribution < 1.29 is 19.1 Å². The van der Waals surface area contributed by atoms with Crippen LogP contribution in [0.4, 0.5) is 5.69 Å². The van der Waals surface area contributed by atoms with Crippen LogP contribution in [0.25, 0.3) is 0 Å². The highest BCUT2D eigenvalue weighted by Gasteiger charge is 2.54. The maximum atomic E-state index is 13.8. The van der Waals surface area contributed by atoms with Crippen LogP contribution < -0.4 is 5.32 Å². The van der Waals surface area contributed by atoms with Crippen LogP contribution in [0.1, 0.15) is 82.1 Å². The first kappa shape index (κ1) is 27.2. The lowest BCUT2D eigenvalue weighted by atomic mass is 9.83. The van der Waals surface area contributed by atoms with E-state index in [4.69, 9.17) is 4.74 Å². The Bertz CT molecular complexity index is 1120. The summed E-state index contributed by atoms with van der Waals surface area (Å²) in [6.07, 6.45) is 2.62. The second-order valence-corrected chi connectivity index (χ2v) is 12.8. The first-order valence-electron chi connectivity index (χ1n) is 13.2. The molecule has 0 radical (unpaired) electrons. The van der Waals surface area contributed by atoms with Gasteiger partial charge in [-0.3, -0.25) is 9.59 Å². The zero-order valence-corrected chi connectivity index (χ0v) is 23.3. The molecule has 2 aliphatic rings. The maximum absolute atomic E-state index is 13.8. The third kappa shape index (κ3) is 6.20. The normalized spacial score (nSPS) is 23.8. The molecule has 1 spiro atoms. The van der Waals surface area contributed by atoms with E-state index >= 15 is 0 Å². The number of esters is 1. The van der Waals surface area contributed by atoms with E-state index in [-0.39, 0.29) is 23.7 Å². The van der Waals surface area contributed by atoms with Gasteiger partial charge in [0.2, 0.25) is 5.91 Å². The molecule has 0 bridgehead atoms. The second kappa shape index (κ2) is 10.9.